The molecule has 0 spiro atoms. The van der Waals surface area contributed by atoms with E-state index in [4.69, 9.17) is 19.8 Å². The number of hydrogen-bond acceptors (Lipinski definition) is 5. The minimum atomic E-state index is -0.714. The summed E-state index contributed by atoms with van der Waals surface area (Å²) in [6, 6.07) is 9.58. The van der Waals surface area contributed by atoms with Crippen molar-refractivity contribution in [2.75, 3.05) is 13.7 Å². The molecule has 1 aromatic rings. The van der Waals surface area contributed by atoms with Gasteiger partial charge in [-0.15, -0.1) is 0 Å². The number of ether oxygens (including phenoxy) is 1. The van der Waals surface area contributed by atoms with Crippen LogP contribution < -0.4 is 11.1 Å². The molecular formula is C20H33BN2O4. The van der Waals surface area contributed by atoms with Crippen LogP contribution in [0.5, 0.6) is 0 Å². The van der Waals surface area contributed by atoms with Crippen molar-refractivity contribution in [2.45, 2.75) is 70.1 Å². The number of carbonyl (C=O) groups excluding carboxylic acids is 1. The number of carbonyl (C=O) groups is 1. The molecule has 0 saturated carbocycles. The number of nitrogens with two attached hydrogens (primary N) is 1. The summed E-state index contributed by atoms with van der Waals surface area (Å²) in [5.74, 6) is -0.526. The second-order valence-electron chi connectivity index (χ2n) is 8.18. The van der Waals surface area contributed by atoms with Crippen LogP contribution in [0.1, 0.15) is 46.1 Å². The zero-order valence-electron chi connectivity index (χ0n) is 17.2. The Kier molecular flexibility index (Phi) is 7.45. The minimum absolute atomic E-state index is 0.173. The molecular weight excluding hydrogens is 343 g/mol. The summed E-state index contributed by atoms with van der Waals surface area (Å²) < 4.78 is 17.3. The van der Waals surface area contributed by atoms with Crippen LogP contribution in [0.2, 0.25) is 0 Å². The maximum Gasteiger partial charge on any atom is 0.481 e. The quantitative estimate of drug-likeness (QED) is 0.645. The molecule has 1 saturated heterocycles. The Bertz CT molecular complexity index is 593. The second kappa shape index (κ2) is 9.19. The molecule has 150 valence electrons. The molecule has 3 N–H and O–H groups in total. The molecule has 2 rings (SSSR count). The molecule has 6 nitrogen and oxygen atoms in total. The molecule has 1 amide bonds. The third-order valence-electron chi connectivity index (χ3n) is 5.43. The summed E-state index contributed by atoms with van der Waals surface area (Å²) in [6.07, 6.45) is 2.56. The molecule has 27 heavy (non-hydrogen) atoms. The minimum Gasteiger partial charge on any atom is -0.402 e. The molecule has 1 aromatic carbocycles. The number of rotatable bonds is 9. The molecule has 1 heterocycles. The third-order valence-corrected chi connectivity index (χ3v) is 5.43. The summed E-state index contributed by atoms with van der Waals surface area (Å²) in [5.41, 5.74) is 6.25. The first-order chi connectivity index (χ1) is 12.7. The summed E-state index contributed by atoms with van der Waals surface area (Å²) in [6.45, 7) is 8.20. The first kappa shape index (κ1) is 21.9. The van der Waals surface area contributed by atoms with E-state index in [0.717, 1.165) is 19.3 Å². The Morgan fingerprint density at radius 3 is 2.33 bits per heavy atom. The molecule has 1 aliphatic rings. The second-order valence-corrected chi connectivity index (χ2v) is 8.18. The SMILES string of the molecule is COCC(N)C(=O)N[C@@H](CCCc1ccccc1)B1OC(C)(C)C(C)(C)O1. The predicted octanol–water partition coefficient (Wildman–Crippen LogP) is 2.10. The average Bonchev–Trinajstić information content (AvgIpc) is 2.82. The summed E-state index contributed by atoms with van der Waals surface area (Å²) in [7, 11) is 1.02. The summed E-state index contributed by atoms with van der Waals surface area (Å²) in [4.78, 5) is 12.4. The highest BCUT2D eigenvalue weighted by molar-refractivity contribution is 6.48. The van der Waals surface area contributed by atoms with Gasteiger partial charge in [-0.05, 0) is 52.5 Å². The predicted molar refractivity (Wildman–Crippen MR) is 107 cm³/mol. The van der Waals surface area contributed by atoms with Crippen molar-refractivity contribution in [1.29, 1.82) is 0 Å². The van der Waals surface area contributed by atoms with Gasteiger partial charge in [-0.25, -0.2) is 0 Å². The Balaban J connectivity index is 2.03. The molecule has 0 aromatic heterocycles. The van der Waals surface area contributed by atoms with Gasteiger partial charge in [0.05, 0.1) is 23.8 Å². The van der Waals surface area contributed by atoms with Crippen molar-refractivity contribution in [3.63, 3.8) is 0 Å². The van der Waals surface area contributed by atoms with Crippen molar-refractivity contribution in [3.05, 3.63) is 35.9 Å². The van der Waals surface area contributed by atoms with Crippen molar-refractivity contribution < 1.29 is 18.8 Å². The van der Waals surface area contributed by atoms with Crippen molar-refractivity contribution in [2.24, 2.45) is 5.73 Å². The number of benzene rings is 1. The van der Waals surface area contributed by atoms with Crippen LogP contribution in [-0.4, -0.2) is 49.9 Å². The maximum absolute atomic E-state index is 12.4. The number of hydrogen-bond donors (Lipinski definition) is 2. The smallest absolute Gasteiger partial charge is 0.402 e. The van der Waals surface area contributed by atoms with E-state index in [0.29, 0.717) is 0 Å². The van der Waals surface area contributed by atoms with E-state index in [1.807, 2.05) is 45.9 Å². The van der Waals surface area contributed by atoms with Crippen molar-refractivity contribution >= 4 is 13.0 Å². The van der Waals surface area contributed by atoms with E-state index in [9.17, 15) is 4.79 Å². The topological polar surface area (TPSA) is 82.8 Å². The largest absolute Gasteiger partial charge is 0.481 e. The van der Waals surface area contributed by atoms with Gasteiger partial charge in [0.15, 0.2) is 0 Å². The average molecular weight is 376 g/mol. The zero-order chi connectivity index (χ0) is 20.1. The number of methoxy groups -OCH3 is 1. The van der Waals surface area contributed by atoms with Gasteiger partial charge in [-0.2, -0.15) is 0 Å². The Morgan fingerprint density at radius 2 is 1.78 bits per heavy atom. The molecule has 1 fully saturated rings. The highest BCUT2D eigenvalue weighted by Crippen LogP contribution is 2.38. The Morgan fingerprint density at radius 1 is 1.19 bits per heavy atom. The van der Waals surface area contributed by atoms with Crippen LogP contribution in [0.4, 0.5) is 0 Å². The number of nitrogens with one attached hydrogen (secondary N) is 1. The summed E-state index contributed by atoms with van der Waals surface area (Å²) >= 11 is 0. The van der Waals surface area contributed by atoms with Crippen molar-refractivity contribution in [3.8, 4) is 0 Å². The molecule has 7 heteroatoms. The molecule has 2 atom stereocenters. The fourth-order valence-corrected chi connectivity index (χ4v) is 3.04. The number of aryl methyl sites for hydroxylation is 1. The summed E-state index contributed by atoms with van der Waals surface area (Å²) in [5, 5.41) is 3.01. The number of amides is 1. The Labute approximate surface area is 163 Å². The van der Waals surface area contributed by atoms with E-state index in [1.54, 1.807) is 0 Å². The zero-order valence-corrected chi connectivity index (χ0v) is 17.2. The van der Waals surface area contributed by atoms with Crippen LogP contribution in [0.15, 0.2) is 30.3 Å². The van der Waals surface area contributed by atoms with E-state index in [-0.39, 0.29) is 18.5 Å². The van der Waals surface area contributed by atoms with Crippen LogP contribution in [0.3, 0.4) is 0 Å². The van der Waals surface area contributed by atoms with Crippen LogP contribution in [0, 0.1) is 0 Å². The fraction of sp³-hybridized carbons (Fsp3) is 0.650. The normalized spacial score (nSPS) is 20.3. The van der Waals surface area contributed by atoms with Gasteiger partial charge >= 0.3 is 7.12 Å². The highest BCUT2D eigenvalue weighted by Gasteiger charge is 2.54. The van der Waals surface area contributed by atoms with Gasteiger partial charge in [0, 0.05) is 7.11 Å². The molecule has 0 aliphatic carbocycles. The molecule has 1 unspecified atom stereocenters. The lowest BCUT2D eigenvalue weighted by Crippen LogP contribution is -2.53. The lowest BCUT2D eigenvalue weighted by molar-refractivity contribution is -0.123. The van der Waals surface area contributed by atoms with Crippen molar-refractivity contribution in [1.82, 2.24) is 5.32 Å². The van der Waals surface area contributed by atoms with Gasteiger partial charge in [-0.1, -0.05) is 30.3 Å². The van der Waals surface area contributed by atoms with Gasteiger partial charge in [0.2, 0.25) is 5.91 Å². The van der Waals surface area contributed by atoms with Crippen LogP contribution >= 0.6 is 0 Å². The lowest BCUT2D eigenvalue weighted by Gasteiger charge is -2.32. The van der Waals surface area contributed by atoms with Crippen LogP contribution in [-0.2, 0) is 25.3 Å². The van der Waals surface area contributed by atoms with E-state index in [2.05, 4.69) is 17.4 Å². The fourth-order valence-electron chi connectivity index (χ4n) is 3.04. The highest BCUT2D eigenvalue weighted by atomic mass is 16.7. The molecule has 0 bridgehead atoms. The lowest BCUT2D eigenvalue weighted by atomic mass is 9.75. The van der Waals surface area contributed by atoms with E-state index >= 15 is 0 Å². The van der Waals surface area contributed by atoms with E-state index in [1.165, 1.54) is 12.7 Å². The molecule has 0 radical (unpaired) electrons. The Hall–Kier alpha value is -1.41. The van der Waals surface area contributed by atoms with Gasteiger partial charge in [0.1, 0.15) is 6.04 Å². The monoisotopic (exact) mass is 376 g/mol. The third kappa shape index (κ3) is 5.78. The first-order valence-corrected chi connectivity index (χ1v) is 9.61. The van der Waals surface area contributed by atoms with Crippen LogP contribution in [0.25, 0.3) is 0 Å². The first-order valence-electron chi connectivity index (χ1n) is 9.61. The van der Waals surface area contributed by atoms with Gasteiger partial charge in [0.25, 0.3) is 0 Å². The van der Waals surface area contributed by atoms with Gasteiger partial charge < -0.3 is 25.1 Å². The standard InChI is InChI=1S/C20H33BN2O4/c1-19(2)20(3,4)27-21(26-19)17(23-18(24)16(22)14-25-5)13-9-12-15-10-7-6-8-11-15/h6-8,10-11,16-17H,9,12-14,22H2,1-5H3,(H,23,24)/t16?,17-/m0/s1. The van der Waals surface area contributed by atoms with E-state index < -0.39 is 24.4 Å². The molecule has 1 aliphatic heterocycles. The van der Waals surface area contributed by atoms with Gasteiger partial charge in [-0.3, -0.25) is 4.79 Å². The maximum atomic E-state index is 12.4.